The maximum absolute atomic E-state index is 11.7. The Bertz CT molecular complexity index is 335. The van der Waals surface area contributed by atoms with Crippen molar-refractivity contribution in [3.63, 3.8) is 0 Å². The van der Waals surface area contributed by atoms with Crippen molar-refractivity contribution in [3.8, 4) is 0 Å². The highest BCUT2D eigenvalue weighted by Crippen LogP contribution is 2.26. The van der Waals surface area contributed by atoms with Crippen LogP contribution in [-0.2, 0) is 4.79 Å². The number of carbonyl (C=O) groups is 2. The van der Waals surface area contributed by atoms with Crippen LogP contribution in [0.5, 0.6) is 0 Å². The molecule has 6 heteroatoms. The molecule has 2 atom stereocenters. The number of carbonyl (C=O) groups excluding carboxylic acids is 1. The summed E-state index contributed by atoms with van der Waals surface area (Å²) in [7, 11) is 0. The molecule has 2 heterocycles. The van der Waals surface area contributed by atoms with Gasteiger partial charge in [0.05, 0.1) is 0 Å². The molecule has 0 saturated carbocycles. The molecule has 2 unspecified atom stereocenters. The largest absolute Gasteiger partial charge is 0.481 e. The van der Waals surface area contributed by atoms with E-state index in [0.717, 1.165) is 19.4 Å². The number of carboxylic acids is 1. The molecule has 0 spiro atoms. The molecule has 2 amide bonds. The molecule has 0 aromatic carbocycles. The molecule has 19 heavy (non-hydrogen) atoms. The first-order valence-electron chi connectivity index (χ1n) is 7.15. The van der Waals surface area contributed by atoms with Crippen LogP contribution >= 0.6 is 0 Å². The lowest BCUT2D eigenvalue weighted by Crippen LogP contribution is -2.50. The van der Waals surface area contributed by atoms with Gasteiger partial charge in [0.15, 0.2) is 0 Å². The first-order chi connectivity index (χ1) is 9.15. The molecule has 2 saturated heterocycles. The Labute approximate surface area is 113 Å². The van der Waals surface area contributed by atoms with Crippen molar-refractivity contribution in [1.29, 1.82) is 0 Å². The number of carboxylic acid groups (broad SMARTS) is 1. The van der Waals surface area contributed by atoms with Gasteiger partial charge in [-0.25, -0.2) is 4.79 Å². The molecule has 3 N–H and O–H groups in total. The summed E-state index contributed by atoms with van der Waals surface area (Å²) >= 11 is 0. The van der Waals surface area contributed by atoms with Gasteiger partial charge in [0.1, 0.15) is 0 Å². The van der Waals surface area contributed by atoms with Gasteiger partial charge >= 0.3 is 12.0 Å². The predicted molar refractivity (Wildman–Crippen MR) is 71.0 cm³/mol. The smallest absolute Gasteiger partial charge is 0.315 e. The van der Waals surface area contributed by atoms with Gasteiger partial charge in [-0.3, -0.25) is 4.79 Å². The Morgan fingerprint density at radius 2 is 2.11 bits per heavy atom. The van der Waals surface area contributed by atoms with E-state index in [0.29, 0.717) is 19.0 Å². The van der Waals surface area contributed by atoms with Crippen molar-refractivity contribution in [2.45, 2.75) is 50.6 Å². The fourth-order valence-electron chi connectivity index (χ4n) is 3.03. The molecular formula is C13H23N3O3. The third-order valence-electron chi connectivity index (χ3n) is 4.01. The molecule has 6 nitrogen and oxygen atoms in total. The lowest BCUT2D eigenvalue weighted by molar-refractivity contribution is -0.137. The van der Waals surface area contributed by atoms with Crippen LogP contribution in [0.2, 0.25) is 0 Å². The maximum atomic E-state index is 11.7. The third-order valence-corrected chi connectivity index (χ3v) is 4.01. The van der Waals surface area contributed by atoms with Crippen LogP contribution in [0.15, 0.2) is 0 Å². The lowest BCUT2D eigenvalue weighted by atomic mass is 9.98. The predicted octanol–water partition coefficient (Wildman–Crippen LogP) is 0.777. The van der Waals surface area contributed by atoms with Crippen molar-refractivity contribution >= 4 is 12.0 Å². The standard InChI is InChI=1S/C13H23N3O3/c17-12(18)4-1-6-14-13(19)15-10-5-8-16-7-2-3-11(16)9-10/h10-11H,1-9H2,(H,17,18)(H2,14,15,19). The van der Waals surface area contributed by atoms with Gasteiger partial charge in [-0.05, 0) is 38.6 Å². The van der Waals surface area contributed by atoms with E-state index in [1.807, 2.05) is 0 Å². The molecule has 2 rings (SSSR count). The van der Waals surface area contributed by atoms with Crippen molar-refractivity contribution < 1.29 is 14.7 Å². The highest BCUT2D eigenvalue weighted by atomic mass is 16.4. The molecule has 0 aromatic heterocycles. The number of urea groups is 1. The van der Waals surface area contributed by atoms with Crippen LogP contribution in [0, 0.1) is 0 Å². The molecule has 2 aliphatic heterocycles. The second kappa shape index (κ2) is 6.75. The average Bonchev–Trinajstić information content (AvgIpc) is 2.82. The van der Waals surface area contributed by atoms with Crippen LogP contribution < -0.4 is 10.6 Å². The number of fused-ring (bicyclic) bond motifs is 1. The summed E-state index contributed by atoms with van der Waals surface area (Å²) in [5, 5.41) is 14.2. The van der Waals surface area contributed by atoms with E-state index in [1.165, 1.54) is 19.4 Å². The lowest BCUT2D eigenvalue weighted by Gasteiger charge is -2.35. The molecular weight excluding hydrogens is 246 g/mol. The molecule has 0 bridgehead atoms. The minimum absolute atomic E-state index is 0.0980. The van der Waals surface area contributed by atoms with Gasteiger partial charge in [0, 0.05) is 31.6 Å². The molecule has 0 aromatic rings. The molecule has 2 aliphatic rings. The zero-order valence-corrected chi connectivity index (χ0v) is 11.2. The number of rotatable bonds is 5. The van der Waals surface area contributed by atoms with Gasteiger partial charge < -0.3 is 20.6 Å². The molecule has 108 valence electrons. The minimum Gasteiger partial charge on any atom is -0.481 e. The fraction of sp³-hybridized carbons (Fsp3) is 0.846. The average molecular weight is 269 g/mol. The number of nitrogens with zero attached hydrogens (tertiary/aromatic N) is 1. The summed E-state index contributed by atoms with van der Waals surface area (Å²) in [6.07, 6.45) is 5.16. The van der Waals surface area contributed by atoms with E-state index in [-0.39, 0.29) is 18.5 Å². The van der Waals surface area contributed by atoms with Gasteiger partial charge in [0.2, 0.25) is 0 Å². The molecule has 2 fully saturated rings. The van der Waals surface area contributed by atoms with Crippen LogP contribution in [0.1, 0.15) is 38.5 Å². The summed E-state index contributed by atoms with van der Waals surface area (Å²) in [6.45, 7) is 2.70. The van der Waals surface area contributed by atoms with E-state index in [9.17, 15) is 9.59 Å². The molecule has 0 aliphatic carbocycles. The van der Waals surface area contributed by atoms with Crippen LogP contribution in [-0.4, -0.2) is 53.7 Å². The second-order valence-corrected chi connectivity index (χ2v) is 5.45. The van der Waals surface area contributed by atoms with Crippen LogP contribution in [0.4, 0.5) is 4.79 Å². The van der Waals surface area contributed by atoms with E-state index < -0.39 is 5.97 Å². The number of nitrogens with one attached hydrogen (secondary N) is 2. The number of aliphatic carboxylic acids is 1. The van der Waals surface area contributed by atoms with Gasteiger partial charge in [0.25, 0.3) is 0 Å². The van der Waals surface area contributed by atoms with Gasteiger partial charge in [-0.1, -0.05) is 0 Å². The van der Waals surface area contributed by atoms with Crippen LogP contribution in [0.3, 0.4) is 0 Å². The number of hydrogen-bond acceptors (Lipinski definition) is 3. The van der Waals surface area contributed by atoms with Crippen molar-refractivity contribution in [2.24, 2.45) is 0 Å². The Kier molecular flexibility index (Phi) is 5.01. The Balaban J connectivity index is 1.61. The van der Waals surface area contributed by atoms with Crippen molar-refractivity contribution in [3.05, 3.63) is 0 Å². The summed E-state index contributed by atoms with van der Waals surface area (Å²) in [5.41, 5.74) is 0. The van der Waals surface area contributed by atoms with E-state index in [1.54, 1.807) is 0 Å². The van der Waals surface area contributed by atoms with E-state index >= 15 is 0 Å². The number of piperidine rings is 1. The Morgan fingerprint density at radius 1 is 1.26 bits per heavy atom. The third kappa shape index (κ3) is 4.38. The maximum Gasteiger partial charge on any atom is 0.315 e. The minimum atomic E-state index is -0.823. The Hall–Kier alpha value is -1.30. The molecule has 0 radical (unpaired) electrons. The normalized spacial score (nSPS) is 26.7. The first-order valence-corrected chi connectivity index (χ1v) is 7.15. The zero-order chi connectivity index (χ0) is 13.7. The second-order valence-electron chi connectivity index (χ2n) is 5.45. The number of amides is 2. The zero-order valence-electron chi connectivity index (χ0n) is 11.2. The SMILES string of the molecule is O=C(O)CCCNC(=O)NC1CCN2CCCC2C1. The number of hydrogen-bond donors (Lipinski definition) is 3. The van der Waals surface area contributed by atoms with E-state index in [4.69, 9.17) is 5.11 Å². The monoisotopic (exact) mass is 269 g/mol. The van der Waals surface area contributed by atoms with Crippen molar-refractivity contribution in [1.82, 2.24) is 15.5 Å². The first kappa shape index (κ1) is 14.1. The van der Waals surface area contributed by atoms with E-state index in [2.05, 4.69) is 15.5 Å². The van der Waals surface area contributed by atoms with Crippen LogP contribution in [0.25, 0.3) is 0 Å². The summed E-state index contributed by atoms with van der Waals surface area (Å²) < 4.78 is 0. The topological polar surface area (TPSA) is 81.7 Å². The summed E-state index contributed by atoms with van der Waals surface area (Å²) in [6, 6.07) is 0.742. The summed E-state index contributed by atoms with van der Waals surface area (Å²) in [5.74, 6) is -0.823. The van der Waals surface area contributed by atoms with Gasteiger partial charge in [-0.2, -0.15) is 0 Å². The quantitative estimate of drug-likeness (QED) is 0.644. The highest BCUT2D eigenvalue weighted by Gasteiger charge is 2.32. The fourth-order valence-corrected chi connectivity index (χ4v) is 3.03. The summed E-state index contributed by atoms with van der Waals surface area (Å²) in [4.78, 5) is 24.5. The highest BCUT2D eigenvalue weighted by molar-refractivity contribution is 5.74. The van der Waals surface area contributed by atoms with Gasteiger partial charge in [-0.15, -0.1) is 0 Å². The Morgan fingerprint density at radius 3 is 2.89 bits per heavy atom. The van der Waals surface area contributed by atoms with Crippen molar-refractivity contribution in [2.75, 3.05) is 19.6 Å².